The van der Waals surface area contributed by atoms with E-state index in [4.69, 9.17) is 0 Å². The Balaban J connectivity index is 2.20. The molecule has 2 N–H and O–H groups in total. The van der Waals surface area contributed by atoms with Crippen molar-refractivity contribution in [1.29, 1.82) is 0 Å². The number of benzene rings is 1. The van der Waals surface area contributed by atoms with Crippen LogP contribution in [0.25, 0.3) is 0 Å². The number of carbonyl (C=O) groups is 2. The second-order valence-electron chi connectivity index (χ2n) is 5.51. The third kappa shape index (κ3) is 3.77. The van der Waals surface area contributed by atoms with Gasteiger partial charge in [0.05, 0.1) is 11.8 Å². The first kappa shape index (κ1) is 16.7. The number of aryl methyl sites for hydroxylation is 2. The first-order valence-corrected chi connectivity index (χ1v) is 7.62. The molecule has 2 amide bonds. The zero-order valence-corrected chi connectivity index (χ0v) is 13.9. The Bertz CT molecular complexity index is 734. The number of hydrogen-bond donors (Lipinski definition) is 2. The van der Waals surface area contributed by atoms with Crippen LogP contribution in [0.15, 0.2) is 24.4 Å². The van der Waals surface area contributed by atoms with Crippen LogP contribution >= 0.6 is 0 Å². The van der Waals surface area contributed by atoms with Gasteiger partial charge in [0.15, 0.2) is 0 Å². The SMILES string of the molecule is CCCNC(=O)c1ccc(C)c(NC(=O)c2cnn(C)c2C)c1. The fourth-order valence-electron chi connectivity index (χ4n) is 2.15. The van der Waals surface area contributed by atoms with E-state index < -0.39 is 0 Å². The van der Waals surface area contributed by atoms with Crippen LogP contribution in [0, 0.1) is 13.8 Å². The summed E-state index contributed by atoms with van der Waals surface area (Å²) in [6.07, 6.45) is 2.42. The molecule has 2 rings (SSSR count). The number of rotatable bonds is 5. The Labute approximate surface area is 135 Å². The summed E-state index contributed by atoms with van der Waals surface area (Å²) in [5.74, 6) is -0.371. The van der Waals surface area contributed by atoms with Crippen LogP contribution in [-0.4, -0.2) is 28.1 Å². The van der Waals surface area contributed by atoms with E-state index in [1.54, 1.807) is 23.9 Å². The number of anilines is 1. The topological polar surface area (TPSA) is 76.0 Å². The minimum atomic E-state index is -0.232. The fourth-order valence-corrected chi connectivity index (χ4v) is 2.15. The molecule has 6 nitrogen and oxygen atoms in total. The molecule has 23 heavy (non-hydrogen) atoms. The van der Waals surface area contributed by atoms with Gasteiger partial charge in [-0.25, -0.2) is 0 Å². The highest BCUT2D eigenvalue weighted by Gasteiger charge is 2.15. The van der Waals surface area contributed by atoms with Crippen LogP contribution in [0.4, 0.5) is 5.69 Å². The predicted octanol–water partition coefficient (Wildman–Crippen LogP) is 2.43. The van der Waals surface area contributed by atoms with Gasteiger partial charge in [-0.3, -0.25) is 14.3 Å². The van der Waals surface area contributed by atoms with Crippen molar-refractivity contribution in [3.63, 3.8) is 0 Å². The zero-order valence-electron chi connectivity index (χ0n) is 13.9. The number of carbonyl (C=O) groups excluding carboxylic acids is 2. The lowest BCUT2D eigenvalue weighted by Gasteiger charge is -2.11. The van der Waals surface area contributed by atoms with E-state index in [-0.39, 0.29) is 11.8 Å². The lowest BCUT2D eigenvalue weighted by molar-refractivity contribution is 0.0952. The first-order chi connectivity index (χ1) is 10.9. The Morgan fingerprint density at radius 3 is 2.57 bits per heavy atom. The van der Waals surface area contributed by atoms with Crippen molar-refractivity contribution >= 4 is 17.5 Å². The number of nitrogens with zero attached hydrogens (tertiary/aromatic N) is 2. The minimum absolute atomic E-state index is 0.139. The van der Waals surface area contributed by atoms with Crippen LogP contribution in [0.2, 0.25) is 0 Å². The molecule has 0 atom stereocenters. The summed E-state index contributed by atoms with van der Waals surface area (Å²) in [5.41, 5.74) is 3.36. The van der Waals surface area contributed by atoms with Gasteiger partial charge in [0.2, 0.25) is 0 Å². The molecule has 122 valence electrons. The predicted molar refractivity (Wildman–Crippen MR) is 89.7 cm³/mol. The van der Waals surface area contributed by atoms with Gasteiger partial charge >= 0.3 is 0 Å². The molecule has 1 heterocycles. The lowest BCUT2D eigenvalue weighted by Crippen LogP contribution is -2.24. The van der Waals surface area contributed by atoms with E-state index in [2.05, 4.69) is 15.7 Å². The molecule has 0 saturated heterocycles. The fraction of sp³-hybridized carbons (Fsp3) is 0.353. The number of hydrogen-bond acceptors (Lipinski definition) is 3. The third-order valence-corrected chi connectivity index (χ3v) is 3.76. The summed E-state index contributed by atoms with van der Waals surface area (Å²) >= 11 is 0. The van der Waals surface area contributed by atoms with Crippen LogP contribution in [-0.2, 0) is 7.05 Å². The summed E-state index contributed by atoms with van der Waals surface area (Å²) in [6.45, 7) is 6.35. The maximum atomic E-state index is 12.4. The molecule has 0 unspecified atom stereocenters. The van der Waals surface area contributed by atoms with Crippen LogP contribution in [0.3, 0.4) is 0 Å². The van der Waals surface area contributed by atoms with Crippen molar-refractivity contribution in [3.05, 3.63) is 46.8 Å². The second-order valence-corrected chi connectivity index (χ2v) is 5.51. The summed E-state index contributed by atoms with van der Waals surface area (Å²) in [6, 6.07) is 5.28. The van der Waals surface area contributed by atoms with Crippen molar-refractivity contribution in [2.24, 2.45) is 7.05 Å². The highest BCUT2D eigenvalue weighted by Crippen LogP contribution is 2.19. The Morgan fingerprint density at radius 1 is 1.22 bits per heavy atom. The smallest absolute Gasteiger partial charge is 0.259 e. The molecule has 2 aromatic rings. The maximum Gasteiger partial charge on any atom is 0.259 e. The second kappa shape index (κ2) is 7.09. The molecule has 0 bridgehead atoms. The van der Waals surface area contributed by atoms with Crippen LogP contribution in [0.1, 0.15) is 45.3 Å². The van der Waals surface area contributed by atoms with Gasteiger partial charge in [-0.2, -0.15) is 5.10 Å². The standard InChI is InChI=1S/C17H22N4O2/c1-5-8-18-16(22)13-7-6-11(2)15(9-13)20-17(23)14-10-19-21(4)12(14)3/h6-7,9-10H,5,8H2,1-4H3,(H,18,22)(H,20,23). The average Bonchev–Trinajstić information content (AvgIpc) is 2.86. The summed E-state index contributed by atoms with van der Waals surface area (Å²) in [7, 11) is 1.79. The highest BCUT2D eigenvalue weighted by molar-refractivity contribution is 6.06. The molecule has 6 heteroatoms. The van der Waals surface area contributed by atoms with E-state index in [9.17, 15) is 9.59 Å². The van der Waals surface area contributed by atoms with Gasteiger partial charge in [-0.15, -0.1) is 0 Å². The Kier molecular flexibility index (Phi) is 5.16. The molecule has 0 aliphatic heterocycles. The highest BCUT2D eigenvalue weighted by atomic mass is 16.2. The third-order valence-electron chi connectivity index (χ3n) is 3.76. The number of aromatic nitrogens is 2. The van der Waals surface area contributed by atoms with Crippen molar-refractivity contribution in [3.8, 4) is 0 Å². The van der Waals surface area contributed by atoms with E-state index in [0.717, 1.165) is 17.7 Å². The van der Waals surface area contributed by atoms with Crippen LogP contribution < -0.4 is 10.6 Å². The van der Waals surface area contributed by atoms with Crippen molar-refractivity contribution in [1.82, 2.24) is 15.1 Å². The number of nitrogens with one attached hydrogen (secondary N) is 2. The lowest BCUT2D eigenvalue weighted by atomic mass is 10.1. The van der Waals surface area contributed by atoms with Crippen molar-refractivity contribution in [2.75, 3.05) is 11.9 Å². The molecule has 0 radical (unpaired) electrons. The maximum absolute atomic E-state index is 12.4. The van der Waals surface area contributed by atoms with Crippen molar-refractivity contribution in [2.45, 2.75) is 27.2 Å². The quantitative estimate of drug-likeness (QED) is 0.890. The molecule has 0 aliphatic carbocycles. The van der Waals surface area contributed by atoms with E-state index in [1.165, 1.54) is 6.20 Å². The van der Waals surface area contributed by atoms with Gasteiger partial charge in [0, 0.05) is 30.5 Å². The molecule has 1 aromatic heterocycles. The Hall–Kier alpha value is -2.63. The van der Waals surface area contributed by atoms with Gasteiger partial charge in [0.1, 0.15) is 0 Å². The molecular formula is C17H22N4O2. The molecule has 0 fully saturated rings. The summed E-state index contributed by atoms with van der Waals surface area (Å²) in [5, 5.41) is 9.76. The molecular weight excluding hydrogens is 292 g/mol. The van der Waals surface area contributed by atoms with E-state index >= 15 is 0 Å². The van der Waals surface area contributed by atoms with Crippen molar-refractivity contribution < 1.29 is 9.59 Å². The normalized spacial score (nSPS) is 10.4. The Morgan fingerprint density at radius 2 is 1.96 bits per heavy atom. The number of amides is 2. The minimum Gasteiger partial charge on any atom is -0.352 e. The zero-order chi connectivity index (χ0) is 17.0. The monoisotopic (exact) mass is 314 g/mol. The first-order valence-electron chi connectivity index (χ1n) is 7.62. The average molecular weight is 314 g/mol. The van der Waals surface area contributed by atoms with Crippen LogP contribution in [0.5, 0.6) is 0 Å². The van der Waals surface area contributed by atoms with E-state index in [1.807, 2.05) is 26.8 Å². The van der Waals surface area contributed by atoms with Gasteiger partial charge in [-0.05, 0) is 38.0 Å². The van der Waals surface area contributed by atoms with Gasteiger partial charge < -0.3 is 10.6 Å². The molecule has 0 aliphatic rings. The molecule has 1 aromatic carbocycles. The van der Waals surface area contributed by atoms with E-state index in [0.29, 0.717) is 23.4 Å². The summed E-state index contributed by atoms with van der Waals surface area (Å²) in [4.78, 5) is 24.4. The van der Waals surface area contributed by atoms with Gasteiger partial charge in [0.25, 0.3) is 11.8 Å². The molecule has 0 spiro atoms. The molecule has 0 saturated carbocycles. The summed E-state index contributed by atoms with van der Waals surface area (Å²) < 4.78 is 1.65. The van der Waals surface area contributed by atoms with Gasteiger partial charge in [-0.1, -0.05) is 13.0 Å². The largest absolute Gasteiger partial charge is 0.352 e.